The van der Waals surface area contributed by atoms with Crippen LogP contribution in [0.25, 0.3) is 10.9 Å². The van der Waals surface area contributed by atoms with Crippen LogP contribution in [0.15, 0.2) is 18.5 Å². The molecular weight excluding hydrogens is 254 g/mol. The number of nitrogens with one attached hydrogen (secondary N) is 1. The molecule has 0 radical (unpaired) electrons. The number of hydrogen-bond donors (Lipinski definition) is 1. The van der Waals surface area contributed by atoms with Crippen LogP contribution in [0, 0.1) is 5.92 Å². The second-order valence-corrected chi connectivity index (χ2v) is 5.22. The first-order valence-corrected chi connectivity index (χ1v) is 6.86. The quantitative estimate of drug-likeness (QED) is 0.907. The van der Waals surface area contributed by atoms with E-state index in [9.17, 15) is 0 Å². The number of fused-ring (bicyclic) bond motifs is 1. The molecule has 0 saturated heterocycles. The van der Waals surface area contributed by atoms with Crippen molar-refractivity contribution in [3.05, 3.63) is 18.5 Å². The first-order valence-electron chi connectivity index (χ1n) is 6.86. The summed E-state index contributed by atoms with van der Waals surface area (Å²) >= 11 is 0. The summed E-state index contributed by atoms with van der Waals surface area (Å²) < 4.78 is 10.7. The molecule has 0 bridgehead atoms. The fourth-order valence-corrected chi connectivity index (χ4v) is 2.43. The van der Waals surface area contributed by atoms with Crippen LogP contribution >= 0.6 is 0 Å². The number of hydrogen-bond acceptors (Lipinski definition) is 5. The molecule has 1 atom stereocenters. The van der Waals surface area contributed by atoms with Gasteiger partial charge in [0.05, 0.1) is 19.6 Å². The number of aromatic nitrogens is 2. The first kappa shape index (κ1) is 13.0. The maximum absolute atomic E-state index is 5.39. The van der Waals surface area contributed by atoms with Gasteiger partial charge in [-0.1, -0.05) is 0 Å². The van der Waals surface area contributed by atoms with Crippen molar-refractivity contribution in [2.24, 2.45) is 5.92 Å². The fourth-order valence-electron chi connectivity index (χ4n) is 2.43. The van der Waals surface area contributed by atoms with Gasteiger partial charge in [0.25, 0.3) is 0 Å². The maximum Gasteiger partial charge on any atom is 0.148 e. The van der Waals surface area contributed by atoms with Crippen molar-refractivity contribution in [2.75, 3.05) is 19.5 Å². The Labute approximate surface area is 118 Å². The van der Waals surface area contributed by atoms with Gasteiger partial charge < -0.3 is 14.8 Å². The van der Waals surface area contributed by atoms with Crippen molar-refractivity contribution >= 4 is 16.7 Å². The monoisotopic (exact) mass is 273 g/mol. The zero-order valence-corrected chi connectivity index (χ0v) is 12.0. The molecule has 0 spiro atoms. The largest absolute Gasteiger partial charge is 0.497 e. The van der Waals surface area contributed by atoms with E-state index >= 15 is 0 Å². The Balaban J connectivity index is 2.06. The minimum absolute atomic E-state index is 0.422. The van der Waals surface area contributed by atoms with E-state index in [1.165, 1.54) is 12.8 Å². The van der Waals surface area contributed by atoms with Crippen molar-refractivity contribution < 1.29 is 9.47 Å². The van der Waals surface area contributed by atoms with Gasteiger partial charge in [0.15, 0.2) is 0 Å². The van der Waals surface area contributed by atoms with Crippen molar-refractivity contribution in [3.63, 3.8) is 0 Å². The van der Waals surface area contributed by atoms with Crippen LogP contribution < -0.4 is 14.8 Å². The van der Waals surface area contributed by atoms with E-state index < -0.39 is 0 Å². The molecule has 3 rings (SSSR count). The molecule has 2 aromatic rings. The van der Waals surface area contributed by atoms with E-state index in [2.05, 4.69) is 22.2 Å². The number of anilines is 1. The molecule has 1 saturated carbocycles. The standard InChI is InChI=1S/C15H19N3O2/c1-9(10-4-5-10)18-15-12-6-11(19-2)7-13(20-3)14(12)16-8-17-15/h6-10H,4-5H2,1-3H3,(H,16,17,18)/t9-/m1/s1. The summed E-state index contributed by atoms with van der Waals surface area (Å²) in [7, 11) is 3.28. The number of nitrogens with zero attached hydrogens (tertiary/aromatic N) is 2. The summed E-state index contributed by atoms with van der Waals surface area (Å²) in [5.74, 6) is 3.04. The molecule has 5 heteroatoms. The van der Waals surface area contributed by atoms with E-state index in [0.717, 1.165) is 28.4 Å². The van der Waals surface area contributed by atoms with Crippen molar-refractivity contribution in [2.45, 2.75) is 25.8 Å². The van der Waals surface area contributed by atoms with Crippen LogP contribution in [-0.2, 0) is 0 Å². The Kier molecular flexibility index (Phi) is 3.34. The van der Waals surface area contributed by atoms with Gasteiger partial charge in [0.2, 0.25) is 0 Å². The van der Waals surface area contributed by atoms with Crippen LogP contribution in [-0.4, -0.2) is 30.2 Å². The van der Waals surface area contributed by atoms with Gasteiger partial charge in [0, 0.05) is 12.1 Å². The second kappa shape index (κ2) is 5.15. The lowest BCUT2D eigenvalue weighted by Gasteiger charge is -2.16. The molecular formula is C15H19N3O2. The van der Waals surface area contributed by atoms with Gasteiger partial charge in [-0.2, -0.15) is 0 Å². The second-order valence-electron chi connectivity index (χ2n) is 5.22. The van der Waals surface area contributed by atoms with E-state index in [1.807, 2.05) is 12.1 Å². The van der Waals surface area contributed by atoms with Crippen molar-refractivity contribution in [1.82, 2.24) is 9.97 Å². The summed E-state index contributed by atoms with van der Waals surface area (Å²) in [5.41, 5.74) is 0.800. The molecule has 0 unspecified atom stereocenters. The van der Waals surface area contributed by atoms with Crippen molar-refractivity contribution in [3.8, 4) is 11.5 Å². The molecule has 20 heavy (non-hydrogen) atoms. The molecule has 0 aliphatic heterocycles. The Morgan fingerprint density at radius 3 is 2.65 bits per heavy atom. The summed E-state index contributed by atoms with van der Waals surface area (Å²) in [6.45, 7) is 2.20. The number of rotatable bonds is 5. The predicted octanol–water partition coefficient (Wildman–Crippen LogP) is 2.86. The van der Waals surface area contributed by atoms with Gasteiger partial charge in [0.1, 0.15) is 29.2 Å². The molecule has 5 nitrogen and oxygen atoms in total. The van der Waals surface area contributed by atoms with Crippen LogP contribution in [0.4, 0.5) is 5.82 Å². The lowest BCUT2D eigenvalue weighted by molar-refractivity contribution is 0.397. The smallest absolute Gasteiger partial charge is 0.148 e. The van der Waals surface area contributed by atoms with Gasteiger partial charge in [-0.15, -0.1) is 0 Å². The van der Waals surface area contributed by atoms with E-state index in [1.54, 1.807) is 20.5 Å². The van der Waals surface area contributed by atoms with Crippen LogP contribution in [0.1, 0.15) is 19.8 Å². The predicted molar refractivity (Wildman–Crippen MR) is 78.5 cm³/mol. The van der Waals surface area contributed by atoms with Crippen LogP contribution in [0.5, 0.6) is 11.5 Å². The third-order valence-corrected chi connectivity index (χ3v) is 3.83. The SMILES string of the molecule is COc1cc(OC)c2ncnc(N[C@H](C)C3CC3)c2c1. The molecule has 106 valence electrons. The third-order valence-electron chi connectivity index (χ3n) is 3.83. The average Bonchev–Trinajstić information content (AvgIpc) is 3.31. The zero-order chi connectivity index (χ0) is 14.1. The normalized spacial score (nSPS) is 15.9. The molecule has 1 fully saturated rings. The average molecular weight is 273 g/mol. The lowest BCUT2D eigenvalue weighted by Crippen LogP contribution is -2.18. The summed E-state index contributed by atoms with van der Waals surface area (Å²) in [5, 5.41) is 4.41. The highest BCUT2D eigenvalue weighted by Gasteiger charge is 2.28. The maximum atomic E-state index is 5.39. The van der Waals surface area contributed by atoms with Gasteiger partial charge >= 0.3 is 0 Å². The molecule has 1 aliphatic carbocycles. The van der Waals surface area contributed by atoms with Crippen LogP contribution in [0.2, 0.25) is 0 Å². The van der Waals surface area contributed by atoms with E-state index in [0.29, 0.717) is 11.8 Å². The topological polar surface area (TPSA) is 56.3 Å². The highest BCUT2D eigenvalue weighted by atomic mass is 16.5. The minimum Gasteiger partial charge on any atom is -0.497 e. The number of ether oxygens (including phenoxy) is 2. The van der Waals surface area contributed by atoms with Gasteiger partial charge in [-0.3, -0.25) is 0 Å². The van der Waals surface area contributed by atoms with E-state index in [4.69, 9.17) is 9.47 Å². The summed E-state index contributed by atoms with van der Waals surface area (Å²) in [4.78, 5) is 8.70. The van der Waals surface area contributed by atoms with Gasteiger partial charge in [-0.25, -0.2) is 9.97 Å². The number of methoxy groups -OCH3 is 2. The molecule has 1 heterocycles. The highest BCUT2D eigenvalue weighted by Crippen LogP contribution is 2.36. The molecule has 1 aliphatic rings. The van der Waals surface area contributed by atoms with Crippen molar-refractivity contribution in [1.29, 1.82) is 0 Å². The first-order chi connectivity index (χ1) is 9.72. The Hall–Kier alpha value is -2.04. The van der Waals surface area contributed by atoms with E-state index in [-0.39, 0.29) is 0 Å². The third kappa shape index (κ3) is 2.35. The number of benzene rings is 1. The summed E-state index contributed by atoms with van der Waals surface area (Å²) in [6.07, 6.45) is 4.16. The Morgan fingerprint density at radius 2 is 2.00 bits per heavy atom. The van der Waals surface area contributed by atoms with Crippen LogP contribution in [0.3, 0.4) is 0 Å². The molecule has 1 aromatic carbocycles. The molecule has 0 amide bonds. The summed E-state index contributed by atoms with van der Waals surface area (Å²) in [6, 6.07) is 4.20. The van der Waals surface area contributed by atoms with Gasteiger partial charge in [-0.05, 0) is 31.7 Å². The molecule has 1 N–H and O–H groups in total. The Morgan fingerprint density at radius 1 is 1.20 bits per heavy atom. The minimum atomic E-state index is 0.422. The molecule has 1 aromatic heterocycles. The zero-order valence-electron chi connectivity index (χ0n) is 12.0. The fraction of sp³-hybridized carbons (Fsp3) is 0.467. The highest BCUT2D eigenvalue weighted by molar-refractivity contribution is 5.94. The lowest BCUT2D eigenvalue weighted by atomic mass is 10.1. The Bertz CT molecular complexity index is 626.